The number of nitrogens with two attached hydrogens (primary N) is 1. The van der Waals surface area contributed by atoms with Crippen LogP contribution in [-0.2, 0) is 6.42 Å². The van der Waals surface area contributed by atoms with Crippen molar-refractivity contribution in [2.75, 3.05) is 4.90 Å². The Morgan fingerprint density at radius 3 is 1.78 bits per heavy atom. The fourth-order valence-electron chi connectivity index (χ4n) is 5.38. The molecule has 0 spiro atoms. The van der Waals surface area contributed by atoms with E-state index in [1.165, 1.54) is 22.3 Å². The molecular weight excluding hydrogens is 454 g/mol. The fourth-order valence-corrected chi connectivity index (χ4v) is 5.38. The van der Waals surface area contributed by atoms with Crippen molar-refractivity contribution in [2.45, 2.75) is 12.3 Å². The van der Waals surface area contributed by atoms with Crippen LogP contribution in [0.1, 0.15) is 33.0 Å². The Morgan fingerprint density at radius 1 is 0.649 bits per heavy atom. The summed E-state index contributed by atoms with van der Waals surface area (Å²) in [5.74, 6) is 5.29. The molecule has 3 N–H and O–H groups in total. The molecule has 4 nitrogen and oxygen atoms in total. The normalized spacial score (nSPS) is 13.5. The van der Waals surface area contributed by atoms with Gasteiger partial charge in [0.1, 0.15) is 0 Å². The van der Waals surface area contributed by atoms with Crippen LogP contribution in [0.2, 0.25) is 0 Å². The number of nitrogen functional groups attached to an aromatic ring is 1. The first-order chi connectivity index (χ1) is 18.2. The van der Waals surface area contributed by atoms with E-state index in [1.807, 2.05) is 30.3 Å². The summed E-state index contributed by atoms with van der Waals surface area (Å²) in [6.45, 7) is 0. The Balaban J connectivity index is 1.50. The Morgan fingerprint density at radius 2 is 1.19 bits per heavy atom. The van der Waals surface area contributed by atoms with E-state index >= 15 is 0 Å². The molecule has 4 heteroatoms. The van der Waals surface area contributed by atoms with Gasteiger partial charge in [-0.2, -0.15) is 0 Å². The molecule has 37 heavy (non-hydrogen) atoms. The van der Waals surface area contributed by atoms with Gasteiger partial charge in [-0.05, 0) is 82.8 Å². The van der Waals surface area contributed by atoms with Gasteiger partial charge in [0.2, 0.25) is 0 Å². The fraction of sp³-hybridized carbons (Fsp3) is 0.0606. The molecule has 0 aliphatic heterocycles. The molecule has 0 heterocycles. The second-order valence-electron chi connectivity index (χ2n) is 9.30. The lowest BCUT2D eigenvalue weighted by Crippen LogP contribution is -2.30. The van der Waals surface area contributed by atoms with Crippen molar-refractivity contribution in [3.05, 3.63) is 150 Å². The molecule has 0 aromatic heterocycles. The molecule has 0 fully saturated rings. The molecule has 5 aromatic rings. The highest BCUT2D eigenvalue weighted by atomic mass is 16.2. The number of carbonyl (C=O) groups is 1. The SMILES string of the molecule is NNC(=O)c1ccc2c(c1)C(Cc1ccccc1)c1cc(N(c3ccccc3)c3ccccc3)ccc1-2. The van der Waals surface area contributed by atoms with E-state index < -0.39 is 0 Å². The lowest BCUT2D eigenvalue weighted by atomic mass is 9.89. The summed E-state index contributed by atoms with van der Waals surface area (Å²) >= 11 is 0. The molecule has 0 saturated heterocycles. The molecule has 1 aliphatic carbocycles. The van der Waals surface area contributed by atoms with E-state index in [-0.39, 0.29) is 11.8 Å². The average Bonchev–Trinajstić information content (AvgIpc) is 3.26. The first kappa shape index (κ1) is 22.8. The molecule has 5 aromatic carbocycles. The number of benzene rings is 5. The molecule has 1 amide bonds. The van der Waals surface area contributed by atoms with Gasteiger partial charge in [-0.1, -0.05) is 78.9 Å². The number of anilines is 3. The first-order valence-electron chi connectivity index (χ1n) is 12.5. The summed E-state index contributed by atoms with van der Waals surface area (Å²) in [5.41, 5.74) is 12.2. The van der Waals surface area contributed by atoms with Crippen LogP contribution in [0.15, 0.2) is 127 Å². The Labute approximate surface area is 217 Å². The van der Waals surface area contributed by atoms with Crippen molar-refractivity contribution in [3.8, 4) is 11.1 Å². The third-order valence-corrected chi connectivity index (χ3v) is 7.09. The zero-order chi connectivity index (χ0) is 25.2. The Hall–Kier alpha value is -4.67. The number of hydrazine groups is 1. The number of fused-ring (bicyclic) bond motifs is 3. The van der Waals surface area contributed by atoms with Crippen molar-refractivity contribution >= 4 is 23.0 Å². The van der Waals surface area contributed by atoms with E-state index in [2.05, 4.69) is 107 Å². The quantitative estimate of drug-likeness (QED) is 0.154. The van der Waals surface area contributed by atoms with Crippen LogP contribution in [0.25, 0.3) is 11.1 Å². The molecule has 1 atom stereocenters. The highest BCUT2D eigenvalue weighted by Crippen LogP contribution is 2.49. The van der Waals surface area contributed by atoms with Crippen molar-refractivity contribution in [2.24, 2.45) is 5.84 Å². The first-order valence-corrected chi connectivity index (χ1v) is 12.5. The minimum atomic E-state index is -0.280. The third-order valence-electron chi connectivity index (χ3n) is 7.09. The molecule has 1 unspecified atom stereocenters. The number of hydrogen-bond donors (Lipinski definition) is 2. The van der Waals surface area contributed by atoms with Crippen molar-refractivity contribution < 1.29 is 4.79 Å². The van der Waals surface area contributed by atoms with E-state index in [1.54, 1.807) is 0 Å². The van der Waals surface area contributed by atoms with Gasteiger partial charge in [0.25, 0.3) is 5.91 Å². The van der Waals surface area contributed by atoms with Crippen molar-refractivity contribution in [1.29, 1.82) is 0 Å². The van der Waals surface area contributed by atoms with Crippen LogP contribution >= 0.6 is 0 Å². The van der Waals surface area contributed by atoms with Crippen LogP contribution in [0.3, 0.4) is 0 Å². The van der Waals surface area contributed by atoms with Gasteiger partial charge in [0.15, 0.2) is 0 Å². The molecule has 1 aliphatic rings. The second kappa shape index (κ2) is 9.76. The van der Waals surface area contributed by atoms with Gasteiger partial charge in [-0.15, -0.1) is 0 Å². The summed E-state index contributed by atoms with van der Waals surface area (Å²) in [6.07, 6.45) is 0.842. The minimum absolute atomic E-state index is 0.117. The minimum Gasteiger partial charge on any atom is -0.310 e. The Kier molecular flexibility index (Phi) is 6.01. The zero-order valence-corrected chi connectivity index (χ0v) is 20.3. The summed E-state index contributed by atoms with van der Waals surface area (Å²) in [5, 5.41) is 0. The summed E-state index contributed by atoms with van der Waals surface area (Å²) < 4.78 is 0. The highest BCUT2D eigenvalue weighted by Gasteiger charge is 2.30. The number of para-hydroxylation sites is 2. The molecular formula is C33H27N3O. The van der Waals surface area contributed by atoms with Gasteiger partial charge in [0.05, 0.1) is 0 Å². The van der Waals surface area contributed by atoms with Crippen molar-refractivity contribution in [3.63, 3.8) is 0 Å². The van der Waals surface area contributed by atoms with Crippen LogP contribution in [-0.4, -0.2) is 5.91 Å². The number of nitrogens with one attached hydrogen (secondary N) is 1. The van der Waals surface area contributed by atoms with E-state index in [0.717, 1.165) is 29.0 Å². The van der Waals surface area contributed by atoms with Crippen LogP contribution in [0, 0.1) is 0 Å². The van der Waals surface area contributed by atoms with Crippen molar-refractivity contribution in [1.82, 2.24) is 5.43 Å². The topological polar surface area (TPSA) is 58.4 Å². The molecule has 0 saturated carbocycles. The summed E-state index contributed by atoms with van der Waals surface area (Å²) in [4.78, 5) is 14.7. The predicted molar refractivity (Wildman–Crippen MR) is 150 cm³/mol. The predicted octanol–water partition coefficient (Wildman–Crippen LogP) is 7.11. The summed E-state index contributed by atoms with van der Waals surface area (Å²) in [6, 6.07) is 44.0. The van der Waals surface area contributed by atoms with Crippen LogP contribution in [0.5, 0.6) is 0 Å². The van der Waals surface area contributed by atoms with E-state index in [4.69, 9.17) is 5.84 Å². The van der Waals surface area contributed by atoms with Crippen LogP contribution < -0.4 is 16.2 Å². The molecule has 0 bridgehead atoms. The standard InChI is InChI=1S/C33H27N3O/c34-35-33(37)24-16-18-28-29-19-17-27(36(25-12-6-2-7-13-25)26-14-8-3-9-15-26)22-32(29)30(31(28)21-24)20-23-10-4-1-5-11-23/h1-19,21-22,30H,20,34H2,(H,35,37). The smallest absolute Gasteiger partial charge is 0.265 e. The second-order valence-corrected chi connectivity index (χ2v) is 9.30. The van der Waals surface area contributed by atoms with E-state index in [9.17, 15) is 4.79 Å². The van der Waals surface area contributed by atoms with Gasteiger partial charge < -0.3 is 4.90 Å². The monoisotopic (exact) mass is 481 g/mol. The maximum atomic E-state index is 12.4. The molecule has 0 radical (unpaired) electrons. The number of rotatable bonds is 6. The largest absolute Gasteiger partial charge is 0.310 e. The lowest BCUT2D eigenvalue weighted by molar-refractivity contribution is 0.0953. The van der Waals surface area contributed by atoms with E-state index in [0.29, 0.717) is 5.56 Å². The van der Waals surface area contributed by atoms with Gasteiger partial charge in [-0.25, -0.2) is 5.84 Å². The van der Waals surface area contributed by atoms with Gasteiger partial charge >= 0.3 is 0 Å². The maximum absolute atomic E-state index is 12.4. The Bertz CT molecular complexity index is 1510. The van der Waals surface area contributed by atoms with Crippen LogP contribution in [0.4, 0.5) is 17.1 Å². The molecule has 6 rings (SSSR count). The van der Waals surface area contributed by atoms with Gasteiger partial charge in [0, 0.05) is 28.5 Å². The lowest BCUT2D eigenvalue weighted by Gasteiger charge is -2.26. The van der Waals surface area contributed by atoms with Gasteiger partial charge in [-0.3, -0.25) is 10.2 Å². The molecule has 180 valence electrons. The number of amides is 1. The average molecular weight is 482 g/mol. The number of nitrogens with zero attached hydrogens (tertiary/aromatic N) is 1. The summed E-state index contributed by atoms with van der Waals surface area (Å²) in [7, 11) is 0. The zero-order valence-electron chi connectivity index (χ0n) is 20.3. The maximum Gasteiger partial charge on any atom is 0.265 e. The number of hydrogen-bond acceptors (Lipinski definition) is 3. The highest BCUT2D eigenvalue weighted by molar-refractivity contribution is 5.96. The third kappa shape index (κ3) is 4.28. The number of carbonyl (C=O) groups excluding carboxylic acids is 1.